The zero-order valence-corrected chi connectivity index (χ0v) is 12.9. The monoisotopic (exact) mass is 290 g/mol. The van der Waals surface area contributed by atoms with Crippen molar-refractivity contribution in [2.24, 2.45) is 5.92 Å². The molecule has 0 saturated heterocycles. The molecule has 0 saturated carbocycles. The normalized spacial score (nSPS) is 28.6. The van der Waals surface area contributed by atoms with Crippen molar-refractivity contribution in [3.05, 3.63) is 27.0 Å². The predicted molar refractivity (Wildman–Crippen MR) is 78.0 cm³/mol. The molecule has 0 bridgehead atoms. The molecule has 3 atom stereocenters. The van der Waals surface area contributed by atoms with Gasteiger partial charge in [-0.15, -0.1) is 0 Å². The Balaban J connectivity index is 2.79. The van der Waals surface area contributed by atoms with Crippen molar-refractivity contribution in [3.8, 4) is 6.07 Å². The minimum absolute atomic E-state index is 0.0338. The molecule has 5 heteroatoms. The average Bonchev–Trinajstić information content (AvgIpc) is 2.25. The van der Waals surface area contributed by atoms with Crippen LogP contribution < -0.4 is 0 Å². The van der Waals surface area contributed by atoms with Crippen LogP contribution in [0.5, 0.6) is 0 Å². The van der Waals surface area contributed by atoms with Gasteiger partial charge >= 0.3 is 0 Å². The van der Waals surface area contributed by atoms with Gasteiger partial charge in [-0.2, -0.15) is 5.26 Å². The fraction of sp³-hybridized carbons (Fsp3) is 0.533. The summed E-state index contributed by atoms with van der Waals surface area (Å²) in [6.45, 7) is 6.98. The number of H-pyrrole nitrogens is 1. The number of nitrogens with one attached hydrogen (secondary N) is 1. The molecule has 0 spiro atoms. The molecule has 20 heavy (non-hydrogen) atoms. The number of nitriles is 1. The van der Waals surface area contributed by atoms with Crippen molar-refractivity contribution in [2.75, 3.05) is 0 Å². The number of Topliss-reactive ketones (excluding diaryl/α,β-unsaturated/α-hetero) is 1. The number of carbonyl (C=O) groups is 1. The van der Waals surface area contributed by atoms with Gasteiger partial charge in [-0.1, -0.05) is 19.1 Å². The Kier molecular flexibility index (Phi) is 3.57. The highest BCUT2D eigenvalue weighted by Crippen LogP contribution is 2.44. The van der Waals surface area contributed by atoms with Crippen LogP contribution >= 0.6 is 12.2 Å². The second-order valence-electron chi connectivity index (χ2n) is 5.87. The number of hydrogen-bond donors (Lipinski definition) is 2. The number of carbonyl (C=O) groups excluding carboxylic acids is 1. The number of aryl methyl sites for hydroxylation is 1. The maximum atomic E-state index is 11.9. The molecule has 2 rings (SSSR count). The Morgan fingerprint density at radius 3 is 2.70 bits per heavy atom. The lowest BCUT2D eigenvalue weighted by Crippen LogP contribution is -2.47. The molecule has 4 nitrogen and oxygen atoms in total. The smallest absolute Gasteiger partial charge is 0.136 e. The Morgan fingerprint density at radius 1 is 1.60 bits per heavy atom. The molecule has 0 radical (unpaired) electrons. The third kappa shape index (κ3) is 2.09. The van der Waals surface area contributed by atoms with E-state index in [0.717, 1.165) is 16.8 Å². The molecule has 1 aromatic rings. The van der Waals surface area contributed by atoms with Gasteiger partial charge in [0.15, 0.2) is 0 Å². The van der Waals surface area contributed by atoms with Gasteiger partial charge in [0.05, 0.1) is 17.1 Å². The van der Waals surface area contributed by atoms with E-state index in [2.05, 4.69) is 11.1 Å². The highest BCUT2D eigenvalue weighted by Gasteiger charge is 2.45. The first-order chi connectivity index (χ1) is 9.20. The molecule has 1 heterocycles. The van der Waals surface area contributed by atoms with E-state index < -0.39 is 11.5 Å². The van der Waals surface area contributed by atoms with Crippen LogP contribution in [0.3, 0.4) is 0 Å². The molecular weight excluding hydrogens is 272 g/mol. The largest absolute Gasteiger partial charge is 0.389 e. The molecule has 1 aliphatic rings. The summed E-state index contributed by atoms with van der Waals surface area (Å²) in [7, 11) is 0. The Hall–Kier alpha value is -1.51. The maximum absolute atomic E-state index is 11.9. The summed E-state index contributed by atoms with van der Waals surface area (Å²) in [5, 5.41) is 20.0. The van der Waals surface area contributed by atoms with E-state index in [-0.39, 0.29) is 18.1 Å². The third-order valence-electron chi connectivity index (χ3n) is 4.27. The van der Waals surface area contributed by atoms with Crippen LogP contribution in [0.4, 0.5) is 0 Å². The van der Waals surface area contributed by atoms with Crippen molar-refractivity contribution < 1.29 is 9.90 Å². The van der Waals surface area contributed by atoms with Crippen molar-refractivity contribution >= 4 is 18.0 Å². The van der Waals surface area contributed by atoms with Crippen molar-refractivity contribution in [3.63, 3.8) is 0 Å². The highest BCUT2D eigenvalue weighted by molar-refractivity contribution is 7.71. The van der Waals surface area contributed by atoms with E-state index in [9.17, 15) is 15.2 Å². The van der Waals surface area contributed by atoms with E-state index in [1.807, 2.05) is 13.8 Å². The first-order valence-corrected chi connectivity index (χ1v) is 7.00. The topological polar surface area (TPSA) is 76.9 Å². The summed E-state index contributed by atoms with van der Waals surface area (Å²) in [4.78, 5) is 14.9. The lowest BCUT2D eigenvalue weighted by atomic mass is 9.65. The molecule has 106 valence electrons. The summed E-state index contributed by atoms with van der Waals surface area (Å²) in [6, 6.07) is 2.12. The molecule has 1 aliphatic carbocycles. The molecule has 3 unspecified atom stereocenters. The summed E-state index contributed by atoms with van der Waals surface area (Å²) in [5.41, 5.74) is 1.86. The number of fused-ring (bicyclic) bond motifs is 1. The van der Waals surface area contributed by atoms with Crippen LogP contribution in [-0.4, -0.2) is 21.5 Å². The van der Waals surface area contributed by atoms with Gasteiger partial charge in [0.1, 0.15) is 16.5 Å². The van der Waals surface area contributed by atoms with Crippen molar-refractivity contribution in [2.45, 2.75) is 45.6 Å². The summed E-state index contributed by atoms with van der Waals surface area (Å²) in [6.07, 6.45) is 0.277. The number of aromatic amines is 1. The Morgan fingerprint density at radius 2 is 2.20 bits per heavy atom. The number of ketones is 1. The van der Waals surface area contributed by atoms with Crippen molar-refractivity contribution in [1.29, 1.82) is 5.26 Å². The summed E-state index contributed by atoms with van der Waals surface area (Å²) in [5.74, 6) is -0.650. The fourth-order valence-electron chi connectivity index (χ4n) is 3.68. The van der Waals surface area contributed by atoms with Crippen LogP contribution in [0.15, 0.2) is 0 Å². The van der Waals surface area contributed by atoms with E-state index >= 15 is 0 Å². The molecule has 0 amide bonds. The lowest BCUT2D eigenvalue weighted by molar-refractivity contribution is -0.131. The number of rotatable bonds is 1. The minimum atomic E-state index is -1.15. The maximum Gasteiger partial charge on any atom is 0.136 e. The van der Waals surface area contributed by atoms with Crippen LogP contribution in [-0.2, 0) is 11.2 Å². The predicted octanol–water partition coefficient (Wildman–Crippen LogP) is 2.54. The number of aliphatic hydroxyl groups is 1. The summed E-state index contributed by atoms with van der Waals surface area (Å²) < 4.78 is 0.396. The second kappa shape index (κ2) is 4.80. The molecular formula is C15H18N2O2S. The highest BCUT2D eigenvalue weighted by atomic mass is 32.1. The molecule has 0 aromatic carbocycles. The number of hydrogen-bond acceptors (Lipinski definition) is 4. The Bertz CT molecular complexity index is 682. The number of nitrogens with zero attached hydrogens (tertiary/aromatic N) is 1. The summed E-state index contributed by atoms with van der Waals surface area (Å²) >= 11 is 5.19. The van der Waals surface area contributed by atoms with Gasteiger partial charge in [-0.3, -0.25) is 4.79 Å². The Labute approximate surface area is 123 Å². The first kappa shape index (κ1) is 14.9. The first-order valence-electron chi connectivity index (χ1n) is 6.59. The molecule has 1 aromatic heterocycles. The number of pyridine rings is 1. The van der Waals surface area contributed by atoms with Crippen LogP contribution in [0.1, 0.15) is 49.1 Å². The zero-order valence-electron chi connectivity index (χ0n) is 12.1. The molecule has 0 fully saturated rings. The number of aromatic nitrogens is 1. The molecule has 0 aliphatic heterocycles. The van der Waals surface area contributed by atoms with Crippen LogP contribution in [0, 0.1) is 28.8 Å². The van der Waals surface area contributed by atoms with E-state index in [0.29, 0.717) is 10.2 Å². The lowest BCUT2D eigenvalue weighted by Gasteiger charge is -2.42. The van der Waals surface area contributed by atoms with E-state index in [1.54, 1.807) is 6.92 Å². The third-order valence-corrected chi connectivity index (χ3v) is 4.57. The average molecular weight is 290 g/mol. The van der Waals surface area contributed by atoms with Gasteiger partial charge in [0.2, 0.25) is 0 Å². The minimum Gasteiger partial charge on any atom is -0.389 e. The van der Waals surface area contributed by atoms with Gasteiger partial charge in [-0.25, -0.2) is 0 Å². The van der Waals surface area contributed by atoms with E-state index in [4.69, 9.17) is 12.2 Å². The van der Waals surface area contributed by atoms with Gasteiger partial charge in [0.25, 0.3) is 0 Å². The quantitative estimate of drug-likeness (QED) is 0.779. The van der Waals surface area contributed by atoms with Crippen LogP contribution in [0.2, 0.25) is 0 Å². The molecule has 2 N–H and O–H groups in total. The standard InChI is InChI=1S/C15H18N2O2S/c1-7-12-8(2)17-14(20)11(6-16)10(12)5-15(4,19)13(7)9(3)18/h7,13,19H,5H2,1-4H3,(H,17,20). The zero-order chi connectivity index (χ0) is 15.2. The second-order valence-corrected chi connectivity index (χ2v) is 6.28. The van der Waals surface area contributed by atoms with Crippen LogP contribution in [0.25, 0.3) is 0 Å². The van der Waals surface area contributed by atoms with Gasteiger partial charge in [0, 0.05) is 12.1 Å². The van der Waals surface area contributed by atoms with Crippen molar-refractivity contribution in [1.82, 2.24) is 4.98 Å². The SMILES string of the molecule is CC(=O)C1C(C)c2c(C)[nH]c(=S)c(C#N)c2CC1(C)O. The van der Waals surface area contributed by atoms with E-state index in [1.165, 1.54) is 6.92 Å². The van der Waals surface area contributed by atoms with Gasteiger partial charge < -0.3 is 10.1 Å². The van der Waals surface area contributed by atoms with Gasteiger partial charge in [-0.05, 0) is 37.8 Å². The fourth-order valence-corrected chi connectivity index (χ4v) is 4.00.